The van der Waals surface area contributed by atoms with Crippen molar-refractivity contribution in [2.75, 3.05) is 11.9 Å². The van der Waals surface area contributed by atoms with E-state index in [1.807, 2.05) is 19.1 Å². The van der Waals surface area contributed by atoms with E-state index in [1.54, 1.807) is 37.3 Å². The summed E-state index contributed by atoms with van der Waals surface area (Å²) in [5, 5.41) is 2.96. The normalized spacial score (nSPS) is 19.9. The minimum Gasteiger partial charge on any atom is -0.307 e. The number of anilines is 1. The fourth-order valence-corrected chi connectivity index (χ4v) is 3.75. The van der Waals surface area contributed by atoms with Crippen LogP contribution in [0.1, 0.15) is 30.0 Å². The molecule has 2 amide bonds. The SMILES string of the molecule is CCC1(c2ccc(C)cc2)c2cc(Cl)ccc2NC(=O)N1CC(F)(F)F. The maximum absolute atomic E-state index is 13.3. The van der Waals surface area contributed by atoms with Gasteiger partial charge in [-0.25, -0.2) is 4.79 Å². The molecule has 0 radical (unpaired) electrons. The molecule has 1 aliphatic rings. The molecule has 0 fully saturated rings. The predicted molar refractivity (Wildman–Crippen MR) is 95.5 cm³/mol. The Balaban J connectivity index is 2.30. The molecule has 2 aromatic carbocycles. The van der Waals surface area contributed by atoms with Crippen LogP contribution in [0.4, 0.5) is 23.7 Å². The van der Waals surface area contributed by atoms with Crippen LogP contribution in [0.25, 0.3) is 0 Å². The van der Waals surface area contributed by atoms with Gasteiger partial charge in [0, 0.05) is 16.3 Å². The number of hydrogen-bond acceptors (Lipinski definition) is 1. The molecule has 1 N–H and O–H groups in total. The van der Waals surface area contributed by atoms with Gasteiger partial charge in [0.25, 0.3) is 0 Å². The highest BCUT2D eigenvalue weighted by Crippen LogP contribution is 2.47. The Morgan fingerprint density at radius 1 is 1.15 bits per heavy atom. The standard InChI is InChI=1S/C19H18ClF3N2O/c1-3-18(13-6-4-12(2)5-7-13)15-10-14(20)8-9-16(15)24-17(26)25(18)11-19(21,22)23/h4-10H,3,11H2,1-2H3,(H,24,26). The number of alkyl halides is 3. The molecule has 1 aliphatic heterocycles. The maximum atomic E-state index is 13.3. The lowest BCUT2D eigenvalue weighted by molar-refractivity contribution is -0.148. The maximum Gasteiger partial charge on any atom is 0.406 e. The van der Waals surface area contributed by atoms with E-state index in [-0.39, 0.29) is 6.42 Å². The van der Waals surface area contributed by atoms with Crippen molar-refractivity contribution < 1.29 is 18.0 Å². The molecular formula is C19H18ClF3N2O. The van der Waals surface area contributed by atoms with E-state index in [4.69, 9.17) is 11.6 Å². The Morgan fingerprint density at radius 3 is 2.38 bits per heavy atom. The van der Waals surface area contributed by atoms with Crippen LogP contribution in [-0.4, -0.2) is 23.7 Å². The van der Waals surface area contributed by atoms with Gasteiger partial charge in [-0.15, -0.1) is 0 Å². The number of nitrogens with zero attached hydrogens (tertiary/aromatic N) is 1. The number of carbonyl (C=O) groups excluding carboxylic acids is 1. The molecule has 0 saturated carbocycles. The molecule has 0 saturated heterocycles. The number of amides is 2. The van der Waals surface area contributed by atoms with Crippen molar-refractivity contribution in [3.05, 3.63) is 64.2 Å². The molecule has 2 aromatic rings. The van der Waals surface area contributed by atoms with Gasteiger partial charge in [-0.1, -0.05) is 48.4 Å². The van der Waals surface area contributed by atoms with Crippen LogP contribution < -0.4 is 5.32 Å². The lowest BCUT2D eigenvalue weighted by Gasteiger charge is -2.48. The molecule has 1 heterocycles. The van der Waals surface area contributed by atoms with Crippen LogP contribution in [0.3, 0.4) is 0 Å². The summed E-state index contributed by atoms with van der Waals surface area (Å²) in [6, 6.07) is 11.3. The number of benzene rings is 2. The summed E-state index contributed by atoms with van der Waals surface area (Å²) in [6.45, 7) is 2.31. The van der Waals surface area contributed by atoms with Gasteiger partial charge in [0.1, 0.15) is 6.54 Å². The molecular weight excluding hydrogens is 365 g/mol. The third kappa shape index (κ3) is 3.14. The van der Waals surface area contributed by atoms with Crippen LogP contribution >= 0.6 is 11.6 Å². The largest absolute Gasteiger partial charge is 0.406 e. The summed E-state index contributed by atoms with van der Waals surface area (Å²) in [7, 11) is 0. The van der Waals surface area contributed by atoms with Crippen molar-refractivity contribution in [3.8, 4) is 0 Å². The quantitative estimate of drug-likeness (QED) is 0.724. The van der Waals surface area contributed by atoms with Crippen molar-refractivity contribution in [1.29, 1.82) is 0 Å². The molecule has 26 heavy (non-hydrogen) atoms. The second-order valence-electron chi connectivity index (χ2n) is 6.40. The molecule has 138 valence electrons. The Kier molecular flexibility index (Phi) is 4.65. The highest BCUT2D eigenvalue weighted by molar-refractivity contribution is 6.30. The number of urea groups is 1. The second-order valence-corrected chi connectivity index (χ2v) is 6.84. The lowest BCUT2D eigenvalue weighted by atomic mass is 9.76. The van der Waals surface area contributed by atoms with Gasteiger partial charge in [-0.2, -0.15) is 13.2 Å². The van der Waals surface area contributed by atoms with Crippen LogP contribution in [0.15, 0.2) is 42.5 Å². The van der Waals surface area contributed by atoms with E-state index >= 15 is 0 Å². The van der Waals surface area contributed by atoms with Gasteiger partial charge in [-0.05, 0) is 37.1 Å². The minimum absolute atomic E-state index is 0.271. The first-order chi connectivity index (χ1) is 12.2. The third-order valence-electron chi connectivity index (χ3n) is 4.75. The summed E-state index contributed by atoms with van der Waals surface area (Å²) in [5.74, 6) is 0. The fraction of sp³-hybridized carbons (Fsp3) is 0.316. The van der Waals surface area contributed by atoms with Gasteiger partial charge < -0.3 is 10.2 Å². The van der Waals surface area contributed by atoms with Crippen LogP contribution in [0, 0.1) is 6.92 Å². The van der Waals surface area contributed by atoms with Crippen molar-refractivity contribution >= 4 is 23.3 Å². The zero-order valence-electron chi connectivity index (χ0n) is 14.3. The van der Waals surface area contributed by atoms with Crippen molar-refractivity contribution in [2.24, 2.45) is 0 Å². The predicted octanol–water partition coefficient (Wildman–Crippen LogP) is 5.71. The van der Waals surface area contributed by atoms with E-state index < -0.39 is 24.3 Å². The average molecular weight is 383 g/mol. The first kappa shape index (κ1) is 18.6. The summed E-state index contributed by atoms with van der Waals surface area (Å²) in [4.78, 5) is 13.5. The topological polar surface area (TPSA) is 32.3 Å². The molecule has 3 nitrogen and oxygen atoms in total. The van der Waals surface area contributed by atoms with Gasteiger partial charge in [0.05, 0.1) is 5.54 Å². The highest BCUT2D eigenvalue weighted by atomic mass is 35.5. The Bertz CT molecular complexity index is 836. The molecule has 1 atom stereocenters. The van der Waals surface area contributed by atoms with E-state index in [2.05, 4.69) is 5.32 Å². The number of halogens is 4. The number of nitrogens with one attached hydrogen (secondary N) is 1. The van der Waals surface area contributed by atoms with Gasteiger partial charge >= 0.3 is 12.2 Å². The zero-order valence-corrected chi connectivity index (χ0v) is 15.1. The van der Waals surface area contributed by atoms with E-state index in [1.165, 1.54) is 0 Å². The highest BCUT2D eigenvalue weighted by Gasteiger charge is 2.50. The average Bonchev–Trinajstić information content (AvgIpc) is 2.56. The van der Waals surface area contributed by atoms with Crippen LogP contribution in [0.2, 0.25) is 5.02 Å². The third-order valence-corrected chi connectivity index (χ3v) is 4.99. The molecule has 1 unspecified atom stereocenters. The zero-order chi connectivity index (χ0) is 19.1. The summed E-state index contributed by atoms with van der Waals surface area (Å²) < 4.78 is 39.8. The summed E-state index contributed by atoms with van der Waals surface area (Å²) in [6.07, 6.45) is -4.26. The second kappa shape index (κ2) is 6.50. The molecule has 0 aliphatic carbocycles. The molecule has 0 aromatic heterocycles. The number of carbonyl (C=O) groups is 1. The van der Waals surface area contributed by atoms with E-state index in [9.17, 15) is 18.0 Å². The first-order valence-corrected chi connectivity index (χ1v) is 8.58. The lowest BCUT2D eigenvalue weighted by Crippen LogP contribution is -2.57. The van der Waals surface area contributed by atoms with Crippen molar-refractivity contribution in [3.63, 3.8) is 0 Å². The van der Waals surface area contributed by atoms with Crippen molar-refractivity contribution in [1.82, 2.24) is 4.90 Å². The van der Waals surface area contributed by atoms with Gasteiger partial charge in [-0.3, -0.25) is 0 Å². The Labute approximate surface area is 154 Å². The Hall–Kier alpha value is -2.21. The summed E-state index contributed by atoms with van der Waals surface area (Å²) in [5.41, 5.74) is 1.37. The first-order valence-electron chi connectivity index (χ1n) is 8.20. The molecule has 7 heteroatoms. The number of rotatable bonds is 3. The molecule has 3 rings (SSSR count). The monoisotopic (exact) mass is 382 g/mol. The summed E-state index contributed by atoms with van der Waals surface area (Å²) >= 11 is 6.14. The van der Waals surface area contributed by atoms with Crippen molar-refractivity contribution in [2.45, 2.75) is 32.0 Å². The molecule has 0 spiro atoms. The Morgan fingerprint density at radius 2 is 1.81 bits per heavy atom. The van der Waals surface area contributed by atoms with Gasteiger partial charge in [0.2, 0.25) is 0 Å². The van der Waals surface area contributed by atoms with Gasteiger partial charge in [0.15, 0.2) is 0 Å². The smallest absolute Gasteiger partial charge is 0.307 e. The van der Waals surface area contributed by atoms with Crippen LogP contribution in [-0.2, 0) is 5.54 Å². The number of fused-ring (bicyclic) bond motifs is 1. The number of hydrogen-bond donors (Lipinski definition) is 1. The minimum atomic E-state index is -4.53. The van der Waals surface area contributed by atoms with E-state index in [0.717, 1.165) is 10.5 Å². The van der Waals surface area contributed by atoms with Crippen LogP contribution in [0.5, 0.6) is 0 Å². The molecule has 0 bridgehead atoms. The van der Waals surface area contributed by atoms with E-state index in [0.29, 0.717) is 21.8 Å². The fourth-order valence-electron chi connectivity index (χ4n) is 3.58. The number of aryl methyl sites for hydroxylation is 1.